The maximum atomic E-state index is 11.4. The average Bonchev–Trinajstić information content (AvgIpc) is 2.52. The number of ketones is 1. The highest BCUT2D eigenvalue weighted by molar-refractivity contribution is 5.76. The lowest BCUT2D eigenvalue weighted by molar-refractivity contribution is -0.120. The van der Waals surface area contributed by atoms with Gasteiger partial charge in [-0.3, -0.25) is 4.79 Å². The van der Waals surface area contributed by atoms with E-state index in [1.807, 2.05) is 42.5 Å². The fraction of sp³-hybridized carbons (Fsp3) is 0.222. The van der Waals surface area contributed by atoms with Crippen LogP contribution in [-0.4, -0.2) is 5.78 Å². The van der Waals surface area contributed by atoms with Crippen molar-refractivity contribution in [1.29, 1.82) is 5.26 Å². The van der Waals surface area contributed by atoms with Gasteiger partial charge in [0.1, 0.15) is 5.78 Å². The summed E-state index contributed by atoms with van der Waals surface area (Å²) in [7, 11) is 0. The Morgan fingerprint density at radius 2 is 1.81 bits per heavy atom. The van der Waals surface area contributed by atoms with Crippen molar-refractivity contribution in [2.45, 2.75) is 26.1 Å². The van der Waals surface area contributed by atoms with E-state index in [1.54, 1.807) is 19.1 Å². The van der Waals surface area contributed by atoms with Gasteiger partial charge < -0.3 is 4.74 Å². The lowest BCUT2D eigenvalue weighted by Gasteiger charge is -2.17. The van der Waals surface area contributed by atoms with E-state index >= 15 is 0 Å². The summed E-state index contributed by atoms with van der Waals surface area (Å²) in [5, 5.41) is 8.83. The molecule has 2 aromatic carbocycles. The SMILES string of the molecule is CC(=O)CC(OCc1ccccc1)c1ccc(C#N)cc1. The van der Waals surface area contributed by atoms with E-state index < -0.39 is 0 Å². The topological polar surface area (TPSA) is 50.1 Å². The zero-order chi connectivity index (χ0) is 15.1. The molecule has 0 aliphatic rings. The van der Waals surface area contributed by atoms with Gasteiger partial charge in [-0.1, -0.05) is 42.5 Å². The van der Waals surface area contributed by atoms with Crippen LogP contribution in [0.1, 0.15) is 36.1 Å². The summed E-state index contributed by atoms with van der Waals surface area (Å²) in [6.45, 7) is 2.02. The van der Waals surface area contributed by atoms with Crippen molar-refractivity contribution in [3.63, 3.8) is 0 Å². The molecule has 0 saturated carbocycles. The zero-order valence-electron chi connectivity index (χ0n) is 12.0. The number of ether oxygens (including phenoxy) is 1. The van der Waals surface area contributed by atoms with Gasteiger partial charge in [-0.05, 0) is 30.2 Å². The number of nitrogens with zero attached hydrogens (tertiary/aromatic N) is 1. The molecule has 2 rings (SSSR count). The van der Waals surface area contributed by atoms with Crippen LogP contribution in [0.4, 0.5) is 0 Å². The first-order valence-corrected chi connectivity index (χ1v) is 6.84. The molecule has 0 bridgehead atoms. The van der Waals surface area contributed by atoms with Crippen molar-refractivity contribution in [2.24, 2.45) is 0 Å². The maximum Gasteiger partial charge on any atom is 0.132 e. The van der Waals surface area contributed by atoms with Crippen LogP contribution in [0.3, 0.4) is 0 Å². The van der Waals surface area contributed by atoms with Crippen LogP contribution in [0.2, 0.25) is 0 Å². The van der Waals surface area contributed by atoms with E-state index in [2.05, 4.69) is 6.07 Å². The fourth-order valence-corrected chi connectivity index (χ4v) is 2.08. The van der Waals surface area contributed by atoms with Crippen LogP contribution in [0.5, 0.6) is 0 Å². The monoisotopic (exact) mass is 279 g/mol. The van der Waals surface area contributed by atoms with Gasteiger partial charge in [0.2, 0.25) is 0 Å². The standard InChI is InChI=1S/C18H17NO2/c1-14(20)11-18(17-9-7-15(12-19)8-10-17)21-13-16-5-3-2-4-6-16/h2-10,18H,11,13H2,1H3. The first-order chi connectivity index (χ1) is 10.2. The molecule has 3 nitrogen and oxygen atoms in total. The second kappa shape index (κ2) is 7.37. The van der Waals surface area contributed by atoms with Crippen molar-refractivity contribution in [3.8, 4) is 6.07 Å². The number of hydrogen-bond acceptors (Lipinski definition) is 3. The van der Waals surface area contributed by atoms with Gasteiger partial charge in [-0.2, -0.15) is 5.26 Å². The first-order valence-electron chi connectivity index (χ1n) is 6.84. The minimum absolute atomic E-state index is 0.0809. The minimum Gasteiger partial charge on any atom is -0.368 e. The summed E-state index contributed by atoms with van der Waals surface area (Å²) in [6, 6.07) is 19.1. The van der Waals surface area contributed by atoms with Gasteiger partial charge in [0.25, 0.3) is 0 Å². The normalized spacial score (nSPS) is 11.6. The van der Waals surface area contributed by atoms with Crippen LogP contribution in [0.25, 0.3) is 0 Å². The molecule has 0 amide bonds. The number of benzene rings is 2. The van der Waals surface area contributed by atoms with Gasteiger partial charge >= 0.3 is 0 Å². The molecule has 0 fully saturated rings. The van der Waals surface area contributed by atoms with Crippen LogP contribution < -0.4 is 0 Å². The predicted molar refractivity (Wildman–Crippen MR) is 80.4 cm³/mol. The van der Waals surface area contributed by atoms with Crippen molar-refractivity contribution >= 4 is 5.78 Å². The molecule has 1 unspecified atom stereocenters. The first kappa shape index (κ1) is 15.0. The maximum absolute atomic E-state index is 11.4. The minimum atomic E-state index is -0.282. The Hall–Kier alpha value is -2.44. The number of carbonyl (C=O) groups is 1. The van der Waals surface area contributed by atoms with Crippen LogP contribution >= 0.6 is 0 Å². The predicted octanol–water partition coefficient (Wildman–Crippen LogP) is 3.80. The second-order valence-electron chi connectivity index (χ2n) is 4.93. The molecule has 0 aromatic heterocycles. The Labute approximate surface area is 124 Å². The summed E-state index contributed by atoms with van der Waals surface area (Å²) >= 11 is 0. The van der Waals surface area contributed by atoms with E-state index in [1.165, 1.54) is 0 Å². The smallest absolute Gasteiger partial charge is 0.132 e. The van der Waals surface area contributed by atoms with Gasteiger partial charge in [0, 0.05) is 6.42 Å². The lowest BCUT2D eigenvalue weighted by atomic mass is 10.0. The molecule has 106 valence electrons. The van der Waals surface area contributed by atoms with Gasteiger partial charge in [0.15, 0.2) is 0 Å². The quantitative estimate of drug-likeness (QED) is 0.808. The average molecular weight is 279 g/mol. The van der Waals surface area contributed by atoms with Gasteiger partial charge in [0.05, 0.1) is 24.3 Å². The van der Waals surface area contributed by atoms with Crippen LogP contribution in [0, 0.1) is 11.3 Å². The molecular formula is C18H17NO2. The molecule has 0 heterocycles. The summed E-state index contributed by atoms with van der Waals surface area (Å²) in [5.41, 5.74) is 2.59. The third-order valence-electron chi connectivity index (χ3n) is 3.18. The summed E-state index contributed by atoms with van der Waals surface area (Å²) in [4.78, 5) is 11.4. The van der Waals surface area contributed by atoms with E-state index in [0.29, 0.717) is 18.6 Å². The Morgan fingerprint density at radius 1 is 1.14 bits per heavy atom. The molecule has 0 radical (unpaired) electrons. The Morgan fingerprint density at radius 3 is 2.38 bits per heavy atom. The van der Waals surface area contributed by atoms with Crippen molar-refractivity contribution in [3.05, 3.63) is 71.3 Å². The fourth-order valence-electron chi connectivity index (χ4n) is 2.08. The van der Waals surface area contributed by atoms with E-state index in [9.17, 15) is 4.79 Å². The highest BCUT2D eigenvalue weighted by atomic mass is 16.5. The zero-order valence-corrected chi connectivity index (χ0v) is 12.0. The molecular weight excluding hydrogens is 262 g/mol. The molecule has 0 spiro atoms. The van der Waals surface area contributed by atoms with Crippen molar-refractivity contribution in [1.82, 2.24) is 0 Å². The highest BCUT2D eigenvalue weighted by Crippen LogP contribution is 2.23. The lowest BCUT2D eigenvalue weighted by Crippen LogP contribution is -2.09. The summed E-state index contributed by atoms with van der Waals surface area (Å²) < 4.78 is 5.89. The van der Waals surface area contributed by atoms with Gasteiger partial charge in [-0.15, -0.1) is 0 Å². The molecule has 21 heavy (non-hydrogen) atoms. The third-order valence-corrected chi connectivity index (χ3v) is 3.18. The largest absolute Gasteiger partial charge is 0.368 e. The number of nitriles is 1. The van der Waals surface area contributed by atoms with Crippen molar-refractivity contribution < 1.29 is 9.53 Å². The van der Waals surface area contributed by atoms with Crippen LogP contribution in [0.15, 0.2) is 54.6 Å². The van der Waals surface area contributed by atoms with Crippen LogP contribution in [-0.2, 0) is 16.1 Å². The van der Waals surface area contributed by atoms with E-state index in [0.717, 1.165) is 11.1 Å². The van der Waals surface area contributed by atoms with Gasteiger partial charge in [-0.25, -0.2) is 0 Å². The molecule has 1 atom stereocenters. The molecule has 0 aliphatic heterocycles. The number of Topliss-reactive ketones (excluding diaryl/α,β-unsaturated/α-hetero) is 1. The molecule has 0 aliphatic carbocycles. The number of carbonyl (C=O) groups excluding carboxylic acids is 1. The third kappa shape index (κ3) is 4.55. The number of hydrogen-bond donors (Lipinski definition) is 0. The van der Waals surface area contributed by atoms with Crippen molar-refractivity contribution in [2.75, 3.05) is 0 Å². The van der Waals surface area contributed by atoms with E-state index in [-0.39, 0.29) is 11.9 Å². The molecule has 3 heteroatoms. The molecule has 0 N–H and O–H groups in total. The van der Waals surface area contributed by atoms with E-state index in [4.69, 9.17) is 10.00 Å². The molecule has 2 aromatic rings. The molecule has 0 saturated heterocycles. The summed E-state index contributed by atoms with van der Waals surface area (Å²) in [5.74, 6) is 0.0809. The number of rotatable bonds is 6. The summed E-state index contributed by atoms with van der Waals surface area (Å²) in [6.07, 6.45) is 0.0501. The Bertz CT molecular complexity index is 627. The Kier molecular flexibility index (Phi) is 5.25. The Balaban J connectivity index is 2.10. The second-order valence-corrected chi connectivity index (χ2v) is 4.93. The highest BCUT2D eigenvalue weighted by Gasteiger charge is 2.14.